The number of aryl methyl sites for hydroxylation is 1. The minimum absolute atomic E-state index is 0.448. The Morgan fingerprint density at radius 3 is 2.60 bits per heavy atom. The average molecular weight is 205 g/mol. The van der Waals surface area contributed by atoms with Crippen molar-refractivity contribution in [1.82, 2.24) is 5.32 Å². The van der Waals surface area contributed by atoms with Gasteiger partial charge < -0.3 is 10.1 Å². The molecule has 0 amide bonds. The van der Waals surface area contributed by atoms with Gasteiger partial charge in [0.15, 0.2) is 0 Å². The molecule has 1 aromatic carbocycles. The van der Waals surface area contributed by atoms with Crippen LogP contribution in [0.15, 0.2) is 12.1 Å². The third-order valence-corrected chi connectivity index (χ3v) is 2.97. The molecular formula is C13H19NO. The second-order valence-corrected chi connectivity index (χ2v) is 3.91. The highest BCUT2D eigenvalue weighted by atomic mass is 16.1. The smallest absolute Gasteiger partial charge is 0.133 e. The topological polar surface area (TPSA) is 29.1 Å². The lowest BCUT2D eigenvalue weighted by molar-refractivity contribution is -0.107. The van der Waals surface area contributed by atoms with Crippen LogP contribution in [0.2, 0.25) is 0 Å². The highest BCUT2D eigenvalue weighted by Gasteiger charge is 2.02. The second-order valence-electron chi connectivity index (χ2n) is 3.91. The maximum Gasteiger partial charge on any atom is 0.133 e. The van der Waals surface area contributed by atoms with E-state index in [-0.39, 0.29) is 0 Å². The molecule has 0 aromatic heterocycles. The van der Waals surface area contributed by atoms with E-state index >= 15 is 0 Å². The molecule has 1 aromatic rings. The lowest BCUT2D eigenvalue weighted by atomic mass is 9.97. The first-order valence-corrected chi connectivity index (χ1v) is 5.37. The van der Waals surface area contributed by atoms with Gasteiger partial charge in [-0.05, 0) is 56.0 Å². The van der Waals surface area contributed by atoms with Crippen LogP contribution >= 0.6 is 0 Å². The summed E-state index contributed by atoms with van der Waals surface area (Å²) in [7, 11) is 0. The normalized spacial score (nSPS) is 10.3. The fraction of sp³-hybridized carbons (Fsp3) is 0.462. The fourth-order valence-electron chi connectivity index (χ4n) is 1.67. The number of rotatable bonds is 5. The van der Waals surface area contributed by atoms with E-state index in [2.05, 4.69) is 38.2 Å². The molecule has 0 fully saturated rings. The summed E-state index contributed by atoms with van der Waals surface area (Å²) >= 11 is 0. The molecule has 0 atom stereocenters. The number of carbonyl (C=O) groups is 1. The first-order chi connectivity index (χ1) is 7.16. The molecule has 2 nitrogen and oxygen atoms in total. The van der Waals surface area contributed by atoms with Gasteiger partial charge in [-0.2, -0.15) is 0 Å². The SMILES string of the molecule is Cc1ccc(CCNCC=O)c(C)c1C. The minimum Gasteiger partial charge on any atom is -0.310 e. The van der Waals surface area contributed by atoms with Gasteiger partial charge in [0.25, 0.3) is 0 Å². The van der Waals surface area contributed by atoms with Gasteiger partial charge in [0.05, 0.1) is 6.54 Å². The summed E-state index contributed by atoms with van der Waals surface area (Å²) in [6.45, 7) is 7.77. The second kappa shape index (κ2) is 5.66. The van der Waals surface area contributed by atoms with Crippen molar-refractivity contribution >= 4 is 6.29 Å². The van der Waals surface area contributed by atoms with Crippen molar-refractivity contribution < 1.29 is 4.79 Å². The molecule has 0 saturated heterocycles. The Hall–Kier alpha value is -1.15. The van der Waals surface area contributed by atoms with Gasteiger partial charge in [0, 0.05) is 0 Å². The highest BCUT2D eigenvalue weighted by Crippen LogP contribution is 2.17. The van der Waals surface area contributed by atoms with Gasteiger partial charge >= 0.3 is 0 Å². The van der Waals surface area contributed by atoms with Crippen molar-refractivity contribution in [2.75, 3.05) is 13.1 Å². The molecule has 0 heterocycles. The minimum atomic E-state index is 0.448. The number of benzene rings is 1. The number of carbonyl (C=O) groups excluding carboxylic acids is 1. The van der Waals surface area contributed by atoms with E-state index in [4.69, 9.17) is 0 Å². The molecule has 1 rings (SSSR count). The van der Waals surface area contributed by atoms with Gasteiger partial charge in [-0.1, -0.05) is 12.1 Å². The van der Waals surface area contributed by atoms with Gasteiger partial charge in [-0.3, -0.25) is 0 Å². The standard InChI is InChI=1S/C13H19NO/c1-10-4-5-13(12(3)11(10)2)6-7-14-8-9-15/h4-5,9,14H,6-8H2,1-3H3. The predicted molar refractivity (Wildman–Crippen MR) is 63.3 cm³/mol. The summed E-state index contributed by atoms with van der Waals surface area (Å²) in [5, 5.41) is 3.08. The van der Waals surface area contributed by atoms with E-state index in [9.17, 15) is 4.79 Å². The Balaban J connectivity index is 2.62. The van der Waals surface area contributed by atoms with Crippen LogP contribution in [0, 0.1) is 20.8 Å². The zero-order chi connectivity index (χ0) is 11.3. The van der Waals surface area contributed by atoms with Crippen LogP contribution in [0.25, 0.3) is 0 Å². The number of nitrogens with one attached hydrogen (secondary N) is 1. The largest absolute Gasteiger partial charge is 0.310 e. The summed E-state index contributed by atoms with van der Waals surface area (Å²) in [4.78, 5) is 10.1. The summed E-state index contributed by atoms with van der Waals surface area (Å²) in [5.74, 6) is 0. The molecule has 0 spiro atoms. The Morgan fingerprint density at radius 1 is 1.20 bits per heavy atom. The zero-order valence-corrected chi connectivity index (χ0v) is 9.76. The van der Waals surface area contributed by atoms with Gasteiger partial charge in [0.2, 0.25) is 0 Å². The zero-order valence-electron chi connectivity index (χ0n) is 9.76. The molecule has 0 unspecified atom stereocenters. The van der Waals surface area contributed by atoms with Crippen molar-refractivity contribution in [3.05, 3.63) is 34.4 Å². The van der Waals surface area contributed by atoms with Crippen molar-refractivity contribution in [2.45, 2.75) is 27.2 Å². The molecule has 2 heteroatoms. The van der Waals surface area contributed by atoms with E-state index in [0.29, 0.717) is 6.54 Å². The average Bonchev–Trinajstić information content (AvgIpc) is 2.24. The van der Waals surface area contributed by atoms with Crippen LogP contribution in [-0.4, -0.2) is 19.4 Å². The summed E-state index contributed by atoms with van der Waals surface area (Å²) in [5.41, 5.74) is 5.47. The van der Waals surface area contributed by atoms with Crippen LogP contribution < -0.4 is 5.32 Å². The van der Waals surface area contributed by atoms with Crippen LogP contribution in [0.5, 0.6) is 0 Å². The molecule has 82 valence electrons. The predicted octanol–water partition coefficient (Wildman–Crippen LogP) is 1.94. The summed E-state index contributed by atoms with van der Waals surface area (Å²) < 4.78 is 0. The van der Waals surface area contributed by atoms with Crippen molar-refractivity contribution in [2.24, 2.45) is 0 Å². The van der Waals surface area contributed by atoms with Crippen LogP contribution in [0.1, 0.15) is 22.3 Å². The first kappa shape index (κ1) is 11.9. The van der Waals surface area contributed by atoms with E-state index in [1.807, 2.05) is 0 Å². The Kier molecular flexibility index (Phi) is 4.50. The third kappa shape index (κ3) is 3.17. The van der Waals surface area contributed by atoms with Crippen molar-refractivity contribution in [1.29, 1.82) is 0 Å². The molecule has 0 saturated carbocycles. The lowest BCUT2D eigenvalue weighted by Crippen LogP contribution is -2.19. The van der Waals surface area contributed by atoms with Crippen LogP contribution in [0.3, 0.4) is 0 Å². The molecule has 15 heavy (non-hydrogen) atoms. The third-order valence-electron chi connectivity index (χ3n) is 2.97. The molecular weight excluding hydrogens is 186 g/mol. The van der Waals surface area contributed by atoms with Crippen LogP contribution in [-0.2, 0) is 11.2 Å². The number of hydrogen-bond acceptors (Lipinski definition) is 2. The van der Waals surface area contributed by atoms with Crippen molar-refractivity contribution in [3.63, 3.8) is 0 Å². The van der Waals surface area contributed by atoms with Gasteiger partial charge in [-0.15, -0.1) is 0 Å². The van der Waals surface area contributed by atoms with Crippen molar-refractivity contribution in [3.8, 4) is 0 Å². The first-order valence-electron chi connectivity index (χ1n) is 5.37. The maximum atomic E-state index is 10.1. The monoisotopic (exact) mass is 205 g/mol. The Morgan fingerprint density at radius 2 is 1.93 bits per heavy atom. The fourth-order valence-corrected chi connectivity index (χ4v) is 1.67. The molecule has 0 aliphatic carbocycles. The Labute approximate surface area is 91.7 Å². The molecule has 0 radical (unpaired) electrons. The van der Waals surface area contributed by atoms with E-state index in [1.54, 1.807) is 0 Å². The van der Waals surface area contributed by atoms with E-state index < -0.39 is 0 Å². The quantitative estimate of drug-likeness (QED) is 0.588. The van der Waals surface area contributed by atoms with E-state index in [0.717, 1.165) is 19.3 Å². The number of aldehydes is 1. The molecule has 0 bridgehead atoms. The number of hydrogen-bond donors (Lipinski definition) is 1. The van der Waals surface area contributed by atoms with Gasteiger partial charge in [-0.25, -0.2) is 0 Å². The van der Waals surface area contributed by atoms with Crippen LogP contribution in [0.4, 0.5) is 0 Å². The lowest BCUT2D eigenvalue weighted by Gasteiger charge is -2.11. The summed E-state index contributed by atoms with van der Waals surface area (Å²) in [6.07, 6.45) is 1.88. The molecule has 0 aliphatic heterocycles. The molecule has 1 N–H and O–H groups in total. The van der Waals surface area contributed by atoms with Gasteiger partial charge in [0.1, 0.15) is 6.29 Å². The maximum absolute atomic E-state index is 10.1. The molecule has 0 aliphatic rings. The summed E-state index contributed by atoms with van der Waals surface area (Å²) in [6, 6.07) is 4.34. The highest BCUT2D eigenvalue weighted by molar-refractivity contribution is 5.51. The van der Waals surface area contributed by atoms with E-state index in [1.165, 1.54) is 22.3 Å². The Bertz CT molecular complexity index is 345.